The molecule has 1 saturated heterocycles. The van der Waals surface area contributed by atoms with Gasteiger partial charge in [-0.05, 0) is 19.1 Å². The average Bonchev–Trinajstić information content (AvgIpc) is 2.56. The van der Waals surface area contributed by atoms with Crippen LogP contribution in [0.2, 0.25) is 0 Å². The Bertz CT molecular complexity index is 577. The molecular weight excluding hydrogens is 282 g/mol. The quantitative estimate of drug-likeness (QED) is 0.595. The highest BCUT2D eigenvalue weighted by Gasteiger charge is 2.40. The maximum atomic E-state index is 10.6. The highest BCUT2D eigenvalue weighted by molar-refractivity contribution is 7.85. The lowest BCUT2D eigenvalue weighted by atomic mass is 9.88. The Morgan fingerprint density at radius 3 is 2.05 bits per heavy atom. The molecule has 6 nitrogen and oxygen atoms in total. The molecule has 0 amide bonds. The van der Waals surface area contributed by atoms with E-state index in [2.05, 4.69) is 0 Å². The molecule has 1 heterocycles. The largest absolute Gasteiger partial charge is 0.464 e. The topological polar surface area (TPSA) is 107 Å². The van der Waals surface area contributed by atoms with E-state index in [-0.39, 0.29) is 16.3 Å². The molecular formula is C13H19NO5S. The maximum absolute atomic E-state index is 10.6. The van der Waals surface area contributed by atoms with Crippen molar-refractivity contribution in [1.29, 1.82) is 0 Å². The molecule has 1 unspecified atom stereocenters. The van der Waals surface area contributed by atoms with Gasteiger partial charge in [0.05, 0.1) is 11.5 Å². The molecule has 0 saturated carbocycles. The summed E-state index contributed by atoms with van der Waals surface area (Å²) in [5.41, 5.74) is 6.27. The van der Waals surface area contributed by atoms with Gasteiger partial charge < -0.3 is 10.5 Å². The Morgan fingerprint density at radius 1 is 1.30 bits per heavy atom. The van der Waals surface area contributed by atoms with Gasteiger partial charge in [-0.2, -0.15) is 8.42 Å². The number of rotatable bonds is 1. The van der Waals surface area contributed by atoms with Crippen LogP contribution in [-0.2, 0) is 19.6 Å². The summed E-state index contributed by atoms with van der Waals surface area (Å²) < 4.78 is 34.3. The molecule has 1 atom stereocenters. The molecule has 1 aromatic carbocycles. The van der Waals surface area contributed by atoms with E-state index < -0.39 is 16.2 Å². The molecule has 1 aromatic rings. The third-order valence-electron chi connectivity index (χ3n) is 3.00. The van der Waals surface area contributed by atoms with Crippen LogP contribution in [0.1, 0.15) is 19.4 Å². The van der Waals surface area contributed by atoms with Crippen LogP contribution in [0.25, 0.3) is 0 Å². The molecule has 112 valence electrons. The van der Waals surface area contributed by atoms with Crippen molar-refractivity contribution in [1.82, 2.24) is 0 Å². The van der Waals surface area contributed by atoms with Crippen LogP contribution >= 0.6 is 0 Å². The van der Waals surface area contributed by atoms with Crippen LogP contribution in [0.4, 0.5) is 0 Å². The van der Waals surface area contributed by atoms with E-state index in [4.69, 9.17) is 15.0 Å². The normalized spacial score (nSPS) is 20.9. The summed E-state index contributed by atoms with van der Waals surface area (Å²) in [5.74, 6) is -0.278. The van der Waals surface area contributed by atoms with Crippen molar-refractivity contribution in [2.45, 2.75) is 31.7 Å². The monoisotopic (exact) mass is 301 g/mol. The van der Waals surface area contributed by atoms with Gasteiger partial charge in [0.2, 0.25) is 0 Å². The molecule has 0 aliphatic carbocycles. The van der Waals surface area contributed by atoms with Gasteiger partial charge in [0.15, 0.2) is 0 Å². The number of ether oxygens (including phenoxy) is 1. The zero-order chi connectivity index (χ0) is 15.6. The highest BCUT2D eigenvalue weighted by atomic mass is 32.2. The first-order chi connectivity index (χ1) is 9.04. The fourth-order valence-electron chi connectivity index (χ4n) is 1.47. The molecule has 0 radical (unpaired) electrons. The van der Waals surface area contributed by atoms with Crippen molar-refractivity contribution in [3.8, 4) is 0 Å². The van der Waals surface area contributed by atoms with E-state index in [1.807, 2.05) is 20.8 Å². The van der Waals surface area contributed by atoms with Crippen LogP contribution in [0.3, 0.4) is 0 Å². The van der Waals surface area contributed by atoms with Crippen LogP contribution < -0.4 is 5.73 Å². The first kappa shape index (κ1) is 16.6. The van der Waals surface area contributed by atoms with Gasteiger partial charge in [0.1, 0.15) is 6.04 Å². The highest BCUT2D eigenvalue weighted by Crippen LogP contribution is 2.26. The van der Waals surface area contributed by atoms with Crippen LogP contribution in [-0.4, -0.2) is 31.6 Å². The molecule has 0 bridgehead atoms. The van der Waals surface area contributed by atoms with Crippen LogP contribution in [0, 0.1) is 12.3 Å². The summed E-state index contributed by atoms with van der Waals surface area (Å²) in [5, 5.41) is 0. The average molecular weight is 301 g/mol. The number of cyclic esters (lactones) is 1. The van der Waals surface area contributed by atoms with E-state index >= 15 is 0 Å². The number of hydrogen-bond acceptors (Lipinski definition) is 5. The second-order valence-corrected chi connectivity index (χ2v) is 6.78. The lowest BCUT2D eigenvalue weighted by Crippen LogP contribution is -2.38. The van der Waals surface area contributed by atoms with E-state index in [9.17, 15) is 13.2 Å². The lowest BCUT2D eigenvalue weighted by molar-refractivity contribution is -0.139. The SMILES string of the molecule is CC1(C)COC(=O)C1N.Cc1ccc(S(=O)(=O)O)cc1. The fraction of sp³-hybridized carbons (Fsp3) is 0.462. The van der Waals surface area contributed by atoms with Gasteiger partial charge >= 0.3 is 5.97 Å². The number of aryl methyl sites for hydroxylation is 1. The maximum Gasteiger partial charge on any atom is 0.323 e. The van der Waals surface area contributed by atoms with Gasteiger partial charge in [-0.15, -0.1) is 0 Å². The minimum absolute atomic E-state index is 0.0666. The lowest BCUT2D eigenvalue weighted by Gasteiger charge is -2.16. The van der Waals surface area contributed by atoms with E-state index in [1.165, 1.54) is 12.1 Å². The summed E-state index contributed by atoms with van der Waals surface area (Å²) >= 11 is 0. The zero-order valence-electron chi connectivity index (χ0n) is 11.7. The van der Waals surface area contributed by atoms with Crippen molar-refractivity contribution in [2.75, 3.05) is 6.61 Å². The molecule has 0 spiro atoms. The Hall–Kier alpha value is -1.44. The number of benzene rings is 1. The molecule has 0 aromatic heterocycles. The first-order valence-electron chi connectivity index (χ1n) is 6.00. The molecule has 3 N–H and O–H groups in total. The Balaban J connectivity index is 0.000000204. The van der Waals surface area contributed by atoms with Gasteiger partial charge in [-0.3, -0.25) is 9.35 Å². The Kier molecular flexibility index (Phi) is 4.90. The minimum Gasteiger partial charge on any atom is -0.464 e. The molecule has 1 aliphatic rings. The molecule has 20 heavy (non-hydrogen) atoms. The molecule has 1 aliphatic heterocycles. The second kappa shape index (κ2) is 5.90. The zero-order valence-corrected chi connectivity index (χ0v) is 12.5. The van der Waals surface area contributed by atoms with Crippen molar-refractivity contribution < 1.29 is 22.5 Å². The van der Waals surface area contributed by atoms with E-state index in [0.717, 1.165) is 5.56 Å². The summed E-state index contributed by atoms with van der Waals surface area (Å²) in [6, 6.07) is 5.55. The molecule has 1 fully saturated rings. The minimum atomic E-state index is -4.02. The van der Waals surface area contributed by atoms with Gasteiger partial charge in [0.25, 0.3) is 10.1 Å². The van der Waals surface area contributed by atoms with E-state index in [0.29, 0.717) is 6.61 Å². The fourth-order valence-corrected chi connectivity index (χ4v) is 1.95. The predicted molar refractivity (Wildman–Crippen MR) is 73.7 cm³/mol. The standard InChI is InChI=1S/C7H8O3S.C6H11NO2/c1-6-2-4-7(5-3-6)11(8,9)10;1-6(2)3-9-5(8)4(6)7/h2-5H,1H3,(H,8,9,10);4H,3,7H2,1-2H3. The number of carbonyl (C=O) groups is 1. The Labute approximate surface area is 118 Å². The third kappa shape index (κ3) is 4.29. The van der Waals surface area contributed by atoms with Crippen LogP contribution in [0.5, 0.6) is 0 Å². The second-order valence-electron chi connectivity index (χ2n) is 5.36. The first-order valence-corrected chi connectivity index (χ1v) is 7.44. The number of hydrogen-bond donors (Lipinski definition) is 2. The Morgan fingerprint density at radius 2 is 1.80 bits per heavy atom. The van der Waals surface area contributed by atoms with E-state index in [1.54, 1.807) is 12.1 Å². The predicted octanol–water partition coefficient (Wildman–Crippen LogP) is 1.14. The number of nitrogens with two attached hydrogens (primary N) is 1. The molecule has 2 rings (SSSR count). The van der Waals surface area contributed by atoms with Crippen molar-refractivity contribution in [3.63, 3.8) is 0 Å². The van der Waals surface area contributed by atoms with Gasteiger partial charge in [-0.25, -0.2) is 0 Å². The van der Waals surface area contributed by atoms with Crippen molar-refractivity contribution in [2.24, 2.45) is 11.1 Å². The summed E-state index contributed by atoms with van der Waals surface area (Å²) in [7, 11) is -4.02. The number of esters is 1. The molecule has 7 heteroatoms. The van der Waals surface area contributed by atoms with Gasteiger partial charge in [0, 0.05) is 5.41 Å². The summed E-state index contributed by atoms with van der Waals surface area (Å²) in [4.78, 5) is 10.6. The van der Waals surface area contributed by atoms with Crippen LogP contribution in [0.15, 0.2) is 29.2 Å². The number of carbonyl (C=O) groups excluding carboxylic acids is 1. The van der Waals surface area contributed by atoms with Crippen molar-refractivity contribution >= 4 is 16.1 Å². The van der Waals surface area contributed by atoms with Crippen molar-refractivity contribution in [3.05, 3.63) is 29.8 Å². The van der Waals surface area contributed by atoms with Gasteiger partial charge in [-0.1, -0.05) is 31.5 Å². The third-order valence-corrected chi connectivity index (χ3v) is 3.87. The summed E-state index contributed by atoms with van der Waals surface area (Å²) in [6.07, 6.45) is 0. The smallest absolute Gasteiger partial charge is 0.323 e. The summed E-state index contributed by atoms with van der Waals surface area (Å²) in [6.45, 7) is 6.13.